The Hall–Kier alpha value is -3.75. The Morgan fingerprint density at radius 2 is 1.78 bits per heavy atom. The molecule has 0 fully saturated rings. The molecule has 1 aliphatic rings. The zero-order valence-electron chi connectivity index (χ0n) is 20.3. The van der Waals surface area contributed by atoms with Crippen LogP contribution in [0.1, 0.15) is 29.7 Å². The fourth-order valence-corrected chi connectivity index (χ4v) is 5.31. The van der Waals surface area contributed by atoms with Crippen molar-refractivity contribution in [1.29, 1.82) is 0 Å². The molecule has 4 aromatic rings. The number of hydrogen-bond acceptors (Lipinski definition) is 7. The van der Waals surface area contributed by atoms with Gasteiger partial charge in [-0.3, -0.25) is 0 Å². The molecule has 37 heavy (non-hydrogen) atoms. The lowest BCUT2D eigenvalue weighted by atomic mass is 9.95. The van der Waals surface area contributed by atoms with E-state index in [1.807, 2.05) is 85.8 Å². The number of esters is 1. The first kappa shape index (κ1) is 24.9. The predicted octanol–water partition coefficient (Wildman–Crippen LogP) is 6.26. The highest BCUT2D eigenvalue weighted by molar-refractivity contribution is 7.98. The molecular weight excluding hydrogens is 508 g/mol. The van der Waals surface area contributed by atoms with Crippen LogP contribution in [0, 0.1) is 0 Å². The summed E-state index contributed by atoms with van der Waals surface area (Å²) in [6, 6.07) is 24.3. The molecule has 3 aromatic carbocycles. The number of thioether (sulfide) groups is 1. The number of allylic oxidation sites excluding steroid dienone is 1. The van der Waals surface area contributed by atoms with Crippen LogP contribution in [0.5, 0.6) is 5.75 Å². The lowest BCUT2D eigenvalue weighted by Crippen LogP contribution is -2.30. The topological polar surface area (TPSA) is 78.3 Å². The Balaban J connectivity index is 1.48. The molecule has 0 aliphatic carbocycles. The normalized spacial score (nSPS) is 14.6. The Morgan fingerprint density at radius 1 is 1.05 bits per heavy atom. The fraction of sp³-hybridized carbons (Fsp3) is 0.179. The minimum atomic E-state index is -0.585. The third kappa shape index (κ3) is 5.35. The van der Waals surface area contributed by atoms with E-state index in [2.05, 4.69) is 5.32 Å². The summed E-state index contributed by atoms with van der Waals surface area (Å²) < 4.78 is 13.1. The number of ether oxygens (including phenoxy) is 2. The van der Waals surface area contributed by atoms with Gasteiger partial charge in [0.2, 0.25) is 11.1 Å². The number of carbonyl (C=O) groups is 1. The van der Waals surface area contributed by atoms with E-state index < -0.39 is 12.0 Å². The highest BCUT2D eigenvalue weighted by atomic mass is 35.5. The molecule has 0 spiro atoms. The summed E-state index contributed by atoms with van der Waals surface area (Å²) in [6.07, 6.45) is 0. The third-order valence-electron chi connectivity index (χ3n) is 6.01. The second-order valence-electron chi connectivity index (χ2n) is 8.41. The number of nitrogens with zero attached hydrogens (tertiary/aromatic N) is 3. The Bertz CT molecular complexity index is 1450. The lowest BCUT2D eigenvalue weighted by molar-refractivity contribution is -0.140. The maximum Gasteiger partial charge on any atom is 0.338 e. The monoisotopic (exact) mass is 532 g/mol. The van der Waals surface area contributed by atoms with Gasteiger partial charge in [0.25, 0.3) is 0 Å². The number of benzene rings is 3. The summed E-state index contributed by atoms with van der Waals surface area (Å²) in [5, 5.41) is 9.29. The van der Waals surface area contributed by atoms with E-state index in [0.717, 1.165) is 16.7 Å². The molecule has 7 nitrogen and oxygen atoms in total. The number of nitrogens with one attached hydrogen (secondary N) is 1. The quantitative estimate of drug-likeness (QED) is 0.212. The predicted molar refractivity (Wildman–Crippen MR) is 145 cm³/mol. The van der Waals surface area contributed by atoms with E-state index in [0.29, 0.717) is 38.9 Å². The van der Waals surface area contributed by atoms with Gasteiger partial charge in [0, 0.05) is 22.0 Å². The molecule has 9 heteroatoms. The average Bonchev–Trinajstić information content (AvgIpc) is 3.33. The molecule has 2 heterocycles. The number of para-hydroxylation sites is 1. The van der Waals surface area contributed by atoms with Crippen LogP contribution in [0.15, 0.2) is 95.3 Å². The maximum atomic E-state index is 13.5. The van der Waals surface area contributed by atoms with Crippen LogP contribution < -0.4 is 10.1 Å². The number of hydrogen-bond donors (Lipinski definition) is 1. The summed E-state index contributed by atoms with van der Waals surface area (Å²) in [5.41, 5.74) is 3.78. The number of carbonyl (C=O) groups excluding carboxylic acids is 1. The van der Waals surface area contributed by atoms with Crippen LogP contribution in [0.3, 0.4) is 0 Å². The van der Waals surface area contributed by atoms with Crippen LogP contribution in [-0.4, -0.2) is 27.8 Å². The van der Waals surface area contributed by atoms with Crippen molar-refractivity contribution in [3.8, 4) is 5.75 Å². The highest BCUT2D eigenvalue weighted by Crippen LogP contribution is 2.40. The summed E-state index contributed by atoms with van der Waals surface area (Å²) in [7, 11) is 1.61. The molecule has 1 unspecified atom stereocenters. The van der Waals surface area contributed by atoms with Gasteiger partial charge in [0.1, 0.15) is 18.4 Å². The molecule has 0 radical (unpaired) electrons. The lowest BCUT2D eigenvalue weighted by Gasteiger charge is -2.29. The Labute approximate surface area is 224 Å². The molecule has 0 amide bonds. The molecule has 1 aromatic heterocycles. The molecule has 188 valence electrons. The minimum Gasteiger partial charge on any atom is -0.496 e. The first-order valence-electron chi connectivity index (χ1n) is 11.7. The van der Waals surface area contributed by atoms with Crippen LogP contribution >= 0.6 is 23.4 Å². The maximum absolute atomic E-state index is 13.5. The molecule has 0 saturated heterocycles. The smallest absolute Gasteiger partial charge is 0.338 e. The Kier molecular flexibility index (Phi) is 7.48. The Morgan fingerprint density at radius 3 is 2.57 bits per heavy atom. The van der Waals surface area contributed by atoms with Gasteiger partial charge in [-0.15, -0.1) is 5.10 Å². The van der Waals surface area contributed by atoms with E-state index in [-0.39, 0.29) is 6.61 Å². The number of fused-ring (bicyclic) bond motifs is 1. The van der Waals surface area contributed by atoms with E-state index in [4.69, 9.17) is 31.2 Å². The molecule has 5 rings (SSSR count). The van der Waals surface area contributed by atoms with Gasteiger partial charge in [-0.05, 0) is 30.2 Å². The molecule has 1 aliphatic heterocycles. The molecule has 0 bridgehead atoms. The largest absolute Gasteiger partial charge is 0.496 e. The van der Waals surface area contributed by atoms with E-state index in [9.17, 15) is 4.79 Å². The van der Waals surface area contributed by atoms with Crippen molar-refractivity contribution < 1.29 is 14.3 Å². The molecular formula is C28H25ClN4O3S. The first-order valence-corrected chi connectivity index (χ1v) is 13.1. The van der Waals surface area contributed by atoms with Gasteiger partial charge in [0.15, 0.2) is 0 Å². The van der Waals surface area contributed by atoms with Crippen molar-refractivity contribution in [3.63, 3.8) is 0 Å². The first-order chi connectivity index (χ1) is 18.0. The number of methoxy groups -OCH3 is 1. The molecule has 1 atom stereocenters. The van der Waals surface area contributed by atoms with Gasteiger partial charge < -0.3 is 14.8 Å². The van der Waals surface area contributed by atoms with Crippen molar-refractivity contribution in [2.75, 3.05) is 12.4 Å². The van der Waals surface area contributed by atoms with Gasteiger partial charge in [-0.1, -0.05) is 90.1 Å². The zero-order valence-corrected chi connectivity index (χ0v) is 21.9. The second-order valence-corrected chi connectivity index (χ2v) is 9.76. The molecule has 1 N–H and O–H groups in total. The van der Waals surface area contributed by atoms with E-state index in [1.165, 1.54) is 11.8 Å². The van der Waals surface area contributed by atoms with Crippen LogP contribution in [0.4, 0.5) is 5.95 Å². The van der Waals surface area contributed by atoms with Crippen LogP contribution in [0.2, 0.25) is 5.02 Å². The van der Waals surface area contributed by atoms with E-state index in [1.54, 1.807) is 11.8 Å². The average molecular weight is 533 g/mol. The third-order valence-corrected chi connectivity index (χ3v) is 7.27. The van der Waals surface area contributed by atoms with Gasteiger partial charge in [-0.25, -0.2) is 9.48 Å². The van der Waals surface area contributed by atoms with Crippen molar-refractivity contribution >= 4 is 35.3 Å². The number of anilines is 1. The summed E-state index contributed by atoms with van der Waals surface area (Å²) in [5.74, 6) is 1.36. The highest BCUT2D eigenvalue weighted by Gasteiger charge is 2.36. The van der Waals surface area contributed by atoms with Gasteiger partial charge in [-0.2, -0.15) is 4.98 Å². The standard InChI is InChI=1S/C28H25ClN4O3S/c1-18-24(26(34)36-16-19-10-4-3-5-11-19)25(21-13-7-9-15-23(21)35-2)33-27(30-18)31-28(32-33)37-17-20-12-6-8-14-22(20)29/h3-15,25H,16-17H2,1-2H3,(H,30,31,32). The SMILES string of the molecule is COc1ccccc1C1C(C(=O)OCc2ccccc2)=C(C)Nc2nc(SCc3ccccc3Cl)nn21. The summed E-state index contributed by atoms with van der Waals surface area (Å²) >= 11 is 7.80. The van der Waals surface area contributed by atoms with E-state index >= 15 is 0 Å². The minimum absolute atomic E-state index is 0.165. The van der Waals surface area contributed by atoms with Crippen molar-refractivity contribution in [2.45, 2.75) is 30.5 Å². The molecule has 0 saturated carbocycles. The summed E-state index contributed by atoms with van der Waals surface area (Å²) in [4.78, 5) is 18.2. The van der Waals surface area contributed by atoms with Crippen LogP contribution in [-0.2, 0) is 21.9 Å². The fourth-order valence-electron chi connectivity index (χ4n) is 4.20. The van der Waals surface area contributed by atoms with Crippen molar-refractivity contribution in [1.82, 2.24) is 14.8 Å². The second kappa shape index (κ2) is 11.1. The number of aromatic nitrogens is 3. The van der Waals surface area contributed by atoms with Crippen LogP contribution in [0.25, 0.3) is 0 Å². The van der Waals surface area contributed by atoms with Crippen molar-refractivity contribution in [2.24, 2.45) is 0 Å². The van der Waals surface area contributed by atoms with Crippen molar-refractivity contribution in [3.05, 3.63) is 112 Å². The number of rotatable bonds is 8. The van der Waals surface area contributed by atoms with Gasteiger partial charge >= 0.3 is 5.97 Å². The zero-order chi connectivity index (χ0) is 25.8. The summed E-state index contributed by atoms with van der Waals surface area (Å²) in [6.45, 7) is 2.01. The van der Waals surface area contributed by atoms with Gasteiger partial charge in [0.05, 0.1) is 12.7 Å². The number of halogens is 1.